The van der Waals surface area contributed by atoms with Crippen molar-refractivity contribution >= 4 is 33.5 Å². The highest BCUT2D eigenvalue weighted by atomic mass is 19.1. The molecule has 5 aromatic carbocycles. The molecule has 0 atom stereocenters. The number of hydrogen-bond donors (Lipinski definition) is 1. The number of carbonyl (C=O) groups excluding carboxylic acids is 1. The summed E-state index contributed by atoms with van der Waals surface area (Å²) in [6.45, 7) is 0.549. The Balaban J connectivity index is 0.000000179. The van der Waals surface area contributed by atoms with Crippen molar-refractivity contribution in [3.8, 4) is 34.1 Å². The van der Waals surface area contributed by atoms with Crippen LogP contribution in [-0.2, 0) is 4.74 Å². The van der Waals surface area contributed by atoms with E-state index in [-0.39, 0.29) is 40.1 Å². The van der Waals surface area contributed by atoms with E-state index < -0.39 is 5.82 Å². The van der Waals surface area contributed by atoms with E-state index in [4.69, 9.17) is 23.0 Å². The molecule has 1 amide bonds. The second-order valence-electron chi connectivity index (χ2n) is 11.1. The summed E-state index contributed by atoms with van der Waals surface area (Å²) in [5.74, 6) is 0.117. The maximum absolute atomic E-state index is 14.6. The highest BCUT2D eigenvalue weighted by molar-refractivity contribution is 6.06. The molecule has 0 saturated heterocycles. The maximum atomic E-state index is 14.6. The Morgan fingerprint density at radius 1 is 0.667 bits per heavy atom. The molecule has 0 aliphatic carbocycles. The SMILES string of the molecule is COCCOc1ccc2c(=O)cc(-c3ccccc3)oc2c1F.COc1c(NC(=O)c2ccccc2)ccc2c(=O)cc(-c3ccccc3)oc12. The average molecular weight is 686 g/mol. The minimum Gasteiger partial charge on any atom is -0.491 e. The van der Waals surface area contributed by atoms with Gasteiger partial charge in [-0.15, -0.1) is 0 Å². The maximum Gasteiger partial charge on any atom is 0.255 e. The van der Waals surface area contributed by atoms with Crippen molar-refractivity contribution in [2.45, 2.75) is 0 Å². The van der Waals surface area contributed by atoms with E-state index in [0.717, 1.165) is 5.56 Å². The van der Waals surface area contributed by atoms with Crippen molar-refractivity contribution in [3.05, 3.63) is 159 Å². The third kappa shape index (κ3) is 7.71. The smallest absolute Gasteiger partial charge is 0.255 e. The average Bonchev–Trinajstić information content (AvgIpc) is 3.17. The Labute approximate surface area is 291 Å². The summed E-state index contributed by atoms with van der Waals surface area (Å²) in [5.41, 5.74) is 2.14. The Bertz CT molecular complexity index is 2410. The number of halogens is 1. The minimum absolute atomic E-state index is 0.0305. The lowest BCUT2D eigenvalue weighted by Crippen LogP contribution is -2.13. The number of ether oxygens (including phenoxy) is 3. The van der Waals surface area contributed by atoms with E-state index in [2.05, 4.69) is 5.32 Å². The zero-order valence-electron chi connectivity index (χ0n) is 27.7. The van der Waals surface area contributed by atoms with Gasteiger partial charge in [-0.25, -0.2) is 0 Å². The molecule has 0 fully saturated rings. The Hall–Kier alpha value is -6.52. The third-order valence-corrected chi connectivity index (χ3v) is 7.80. The quantitative estimate of drug-likeness (QED) is 0.151. The topological polar surface area (TPSA) is 117 Å². The van der Waals surface area contributed by atoms with Crippen molar-refractivity contribution in [1.29, 1.82) is 0 Å². The van der Waals surface area contributed by atoms with E-state index in [1.54, 1.807) is 48.5 Å². The lowest BCUT2D eigenvalue weighted by atomic mass is 10.1. The Morgan fingerprint density at radius 3 is 1.76 bits per heavy atom. The molecule has 0 saturated carbocycles. The van der Waals surface area contributed by atoms with E-state index in [9.17, 15) is 18.8 Å². The molecule has 2 heterocycles. The highest BCUT2D eigenvalue weighted by Gasteiger charge is 2.18. The zero-order chi connectivity index (χ0) is 35.7. The van der Waals surface area contributed by atoms with Crippen LogP contribution < -0.4 is 25.6 Å². The predicted octanol–water partition coefficient (Wildman–Crippen LogP) is 8.35. The van der Waals surface area contributed by atoms with Crippen molar-refractivity contribution in [2.75, 3.05) is 32.8 Å². The van der Waals surface area contributed by atoms with Crippen LogP contribution in [0.1, 0.15) is 10.4 Å². The molecular formula is C41H32FNO8. The second kappa shape index (κ2) is 15.8. The lowest BCUT2D eigenvalue weighted by Gasteiger charge is -2.13. The molecule has 9 nitrogen and oxygen atoms in total. The number of anilines is 1. The monoisotopic (exact) mass is 685 g/mol. The molecule has 0 spiro atoms. The van der Waals surface area contributed by atoms with Gasteiger partial charge in [0.1, 0.15) is 18.1 Å². The summed E-state index contributed by atoms with van der Waals surface area (Å²) in [7, 11) is 3.01. The largest absolute Gasteiger partial charge is 0.491 e. The summed E-state index contributed by atoms with van der Waals surface area (Å²) < 4.78 is 41.9. The van der Waals surface area contributed by atoms with Gasteiger partial charge in [0.15, 0.2) is 33.5 Å². The molecular weight excluding hydrogens is 653 g/mol. The first kappa shape index (κ1) is 34.3. The fraction of sp³-hybridized carbons (Fsp3) is 0.0976. The van der Waals surface area contributed by atoms with Gasteiger partial charge in [-0.3, -0.25) is 14.4 Å². The van der Waals surface area contributed by atoms with Gasteiger partial charge in [-0.05, 0) is 36.4 Å². The van der Waals surface area contributed by atoms with Gasteiger partial charge in [0.25, 0.3) is 5.91 Å². The van der Waals surface area contributed by atoms with E-state index >= 15 is 0 Å². The van der Waals surface area contributed by atoms with Crippen molar-refractivity contribution < 1.29 is 32.2 Å². The van der Waals surface area contributed by atoms with Crippen LogP contribution in [0.5, 0.6) is 11.5 Å². The van der Waals surface area contributed by atoms with Crippen LogP contribution in [0.2, 0.25) is 0 Å². The Morgan fingerprint density at radius 2 is 1.20 bits per heavy atom. The third-order valence-electron chi connectivity index (χ3n) is 7.80. The number of carbonyl (C=O) groups is 1. The molecule has 2 aromatic heterocycles. The highest BCUT2D eigenvalue weighted by Crippen LogP contribution is 2.35. The Kier molecular flexibility index (Phi) is 10.6. The lowest BCUT2D eigenvalue weighted by molar-refractivity contribution is 0.102. The number of rotatable bonds is 9. The number of amides is 1. The standard InChI is InChI=1S/C23H17NO4.C18H15FO4/c1-27-22-18(24-23(26)16-10-6-3-7-11-16)13-12-17-19(25)14-20(28-21(17)22)15-8-4-2-5-9-15;1-21-9-10-22-15-8-7-13-14(20)11-16(23-18(13)17(15)19)12-5-3-2-4-6-12/h2-14H,1H3,(H,24,26);2-8,11H,9-10H2,1H3. The normalized spacial score (nSPS) is 10.7. The molecule has 0 aliphatic heterocycles. The molecule has 1 N–H and O–H groups in total. The van der Waals surface area contributed by atoms with Crippen LogP contribution in [-0.4, -0.2) is 33.3 Å². The predicted molar refractivity (Wildman–Crippen MR) is 194 cm³/mol. The van der Waals surface area contributed by atoms with E-state index in [1.165, 1.54) is 38.5 Å². The van der Waals surface area contributed by atoms with E-state index in [0.29, 0.717) is 51.7 Å². The second-order valence-corrected chi connectivity index (χ2v) is 11.1. The first-order valence-electron chi connectivity index (χ1n) is 15.9. The summed E-state index contributed by atoms with van der Waals surface area (Å²) in [6, 6.07) is 36.3. The van der Waals surface area contributed by atoms with Gasteiger partial charge in [-0.1, -0.05) is 78.9 Å². The fourth-order valence-corrected chi connectivity index (χ4v) is 5.28. The van der Waals surface area contributed by atoms with Gasteiger partial charge >= 0.3 is 0 Å². The summed E-state index contributed by atoms with van der Waals surface area (Å²) >= 11 is 0. The van der Waals surface area contributed by atoms with Crippen molar-refractivity contribution in [2.24, 2.45) is 0 Å². The van der Waals surface area contributed by atoms with Gasteiger partial charge in [-0.2, -0.15) is 4.39 Å². The molecule has 256 valence electrons. The first-order valence-corrected chi connectivity index (χ1v) is 15.9. The number of nitrogens with one attached hydrogen (secondary N) is 1. The molecule has 10 heteroatoms. The molecule has 7 rings (SSSR count). The summed E-state index contributed by atoms with van der Waals surface area (Å²) in [6.07, 6.45) is 0. The van der Waals surface area contributed by atoms with Crippen LogP contribution >= 0.6 is 0 Å². The number of hydrogen-bond acceptors (Lipinski definition) is 8. The van der Waals surface area contributed by atoms with Gasteiger partial charge < -0.3 is 28.4 Å². The molecule has 0 aliphatic rings. The molecule has 7 aromatic rings. The van der Waals surface area contributed by atoms with Crippen LogP contribution in [0.15, 0.2) is 146 Å². The van der Waals surface area contributed by atoms with Gasteiger partial charge in [0, 0.05) is 35.9 Å². The number of fused-ring (bicyclic) bond motifs is 2. The van der Waals surface area contributed by atoms with Crippen molar-refractivity contribution in [3.63, 3.8) is 0 Å². The summed E-state index contributed by atoms with van der Waals surface area (Å²) in [4.78, 5) is 37.3. The van der Waals surface area contributed by atoms with Crippen molar-refractivity contribution in [1.82, 2.24) is 0 Å². The minimum atomic E-state index is -0.687. The number of methoxy groups -OCH3 is 2. The molecule has 51 heavy (non-hydrogen) atoms. The first-order chi connectivity index (χ1) is 24.9. The summed E-state index contributed by atoms with van der Waals surface area (Å²) in [5, 5.41) is 3.39. The molecule has 0 radical (unpaired) electrons. The number of benzene rings is 5. The molecule has 0 unspecified atom stereocenters. The molecule has 0 bridgehead atoms. The van der Waals surface area contributed by atoms with E-state index in [1.807, 2.05) is 54.6 Å². The van der Waals surface area contributed by atoms with Gasteiger partial charge in [0.05, 0.1) is 30.2 Å². The van der Waals surface area contributed by atoms with Crippen LogP contribution in [0.4, 0.5) is 10.1 Å². The van der Waals surface area contributed by atoms with Gasteiger partial charge in [0.2, 0.25) is 5.82 Å². The fourth-order valence-electron chi connectivity index (χ4n) is 5.28. The zero-order valence-corrected chi connectivity index (χ0v) is 27.7. The van der Waals surface area contributed by atoms with Crippen LogP contribution in [0.3, 0.4) is 0 Å². The van der Waals surface area contributed by atoms with Crippen LogP contribution in [0.25, 0.3) is 44.6 Å². The van der Waals surface area contributed by atoms with Crippen LogP contribution in [0, 0.1) is 5.82 Å².